The largest absolute Gasteiger partial charge is 0.464 e. The lowest BCUT2D eigenvalue weighted by Crippen LogP contribution is -2.12. The van der Waals surface area contributed by atoms with Crippen molar-refractivity contribution in [2.75, 3.05) is 7.11 Å². The van der Waals surface area contributed by atoms with Crippen LogP contribution in [0.5, 0.6) is 0 Å². The van der Waals surface area contributed by atoms with E-state index >= 15 is 0 Å². The van der Waals surface area contributed by atoms with Crippen LogP contribution in [0.3, 0.4) is 0 Å². The molecule has 0 aliphatic carbocycles. The van der Waals surface area contributed by atoms with Gasteiger partial charge in [-0.15, -0.1) is 10.2 Å². The molecular weight excluding hydrogens is 320 g/mol. The van der Waals surface area contributed by atoms with E-state index in [0.29, 0.717) is 29.6 Å². The standard InChI is InChI=1S/C18H20N4O3/c1-4-12-6-8-13(9-7-12)14-10-15(18(23)24-3)22(21-14)11-17-20-19-16(5-2)25-17/h6-10H,4-5,11H2,1-3H3. The van der Waals surface area contributed by atoms with Crippen LogP contribution in [0.25, 0.3) is 11.3 Å². The Morgan fingerprint density at radius 1 is 1.12 bits per heavy atom. The molecule has 0 fully saturated rings. The van der Waals surface area contributed by atoms with Gasteiger partial charge in [0.15, 0.2) is 0 Å². The Labute approximate surface area is 145 Å². The van der Waals surface area contributed by atoms with E-state index in [1.54, 1.807) is 6.07 Å². The lowest BCUT2D eigenvalue weighted by molar-refractivity contribution is 0.0587. The van der Waals surface area contributed by atoms with Gasteiger partial charge < -0.3 is 9.15 Å². The van der Waals surface area contributed by atoms with E-state index in [1.807, 2.05) is 19.1 Å². The van der Waals surface area contributed by atoms with Gasteiger partial charge in [-0.2, -0.15) is 5.10 Å². The first-order valence-corrected chi connectivity index (χ1v) is 8.21. The average Bonchev–Trinajstić information content (AvgIpc) is 3.28. The van der Waals surface area contributed by atoms with Gasteiger partial charge in [0.05, 0.1) is 12.8 Å². The lowest BCUT2D eigenvalue weighted by Gasteiger charge is -2.02. The van der Waals surface area contributed by atoms with Crippen molar-refractivity contribution >= 4 is 5.97 Å². The van der Waals surface area contributed by atoms with E-state index < -0.39 is 5.97 Å². The minimum absolute atomic E-state index is 0.213. The zero-order chi connectivity index (χ0) is 17.8. The summed E-state index contributed by atoms with van der Waals surface area (Å²) in [6.45, 7) is 4.25. The molecule has 0 atom stereocenters. The first-order chi connectivity index (χ1) is 12.1. The summed E-state index contributed by atoms with van der Waals surface area (Å²) in [5.74, 6) is 0.495. The highest BCUT2D eigenvalue weighted by molar-refractivity contribution is 5.89. The van der Waals surface area contributed by atoms with Crippen LogP contribution in [0, 0.1) is 0 Å². The molecular formula is C18H20N4O3. The molecule has 0 spiro atoms. The number of methoxy groups -OCH3 is 1. The number of aryl methyl sites for hydroxylation is 2. The minimum atomic E-state index is -0.459. The van der Waals surface area contributed by atoms with Crippen LogP contribution in [0.1, 0.15) is 41.7 Å². The fourth-order valence-corrected chi connectivity index (χ4v) is 2.48. The zero-order valence-corrected chi connectivity index (χ0v) is 14.5. The summed E-state index contributed by atoms with van der Waals surface area (Å²) in [5.41, 5.74) is 3.21. The van der Waals surface area contributed by atoms with Crippen molar-refractivity contribution in [2.45, 2.75) is 33.2 Å². The molecule has 130 valence electrons. The third-order valence-corrected chi connectivity index (χ3v) is 3.93. The molecule has 2 heterocycles. The van der Waals surface area contributed by atoms with Crippen LogP contribution >= 0.6 is 0 Å². The van der Waals surface area contributed by atoms with E-state index in [1.165, 1.54) is 17.4 Å². The van der Waals surface area contributed by atoms with Gasteiger partial charge in [0.2, 0.25) is 11.8 Å². The van der Waals surface area contributed by atoms with E-state index in [4.69, 9.17) is 9.15 Å². The molecule has 0 unspecified atom stereocenters. The number of hydrogen-bond acceptors (Lipinski definition) is 6. The molecule has 0 aliphatic rings. The van der Waals surface area contributed by atoms with Crippen LogP contribution in [-0.2, 0) is 24.1 Å². The van der Waals surface area contributed by atoms with Crippen LogP contribution in [0.15, 0.2) is 34.7 Å². The van der Waals surface area contributed by atoms with Gasteiger partial charge in [0.25, 0.3) is 0 Å². The Hall–Kier alpha value is -2.96. The predicted molar refractivity (Wildman–Crippen MR) is 91.2 cm³/mol. The van der Waals surface area contributed by atoms with Gasteiger partial charge in [-0.05, 0) is 18.1 Å². The third kappa shape index (κ3) is 3.60. The number of esters is 1. The number of ether oxygens (including phenoxy) is 1. The molecule has 0 saturated heterocycles. The number of hydrogen-bond donors (Lipinski definition) is 0. The smallest absolute Gasteiger partial charge is 0.356 e. The van der Waals surface area contributed by atoms with Crippen molar-refractivity contribution in [1.82, 2.24) is 20.0 Å². The van der Waals surface area contributed by atoms with Crippen LogP contribution in [-0.4, -0.2) is 33.1 Å². The Kier molecular flexibility index (Phi) is 4.92. The number of aromatic nitrogens is 4. The second kappa shape index (κ2) is 7.29. The Balaban J connectivity index is 1.95. The number of benzene rings is 1. The van der Waals surface area contributed by atoms with Gasteiger partial charge >= 0.3 is 5.97 Å². The molecule has 0 amide bonds. The number of carbonyl (C=O) groups excluding carboxylic acids is 1. The second-order valence-electron chi connectivity index (χ2n) is 5.56. The van der Waals surface area contributed by atoms with Gasteiger partial charge in [-0.1, -0.05) is 38.1 Å². The number of nitrogens with zero attached hydrogens (tertiary/aromatic N) is 4. The predicted octanol–water partition coefficient (Wildman–Crippen LogP) is 2.89. The Morgan fingerprint density at radius 2 is 1.84 bits per heavy atom. The summed E-state index contributed by atoms with van der Waals surface area (Å²) in [5, 5.41) is 12.4. The van der Waals surface area contributed by atoms with Crippen molar-refractivity contribution < 1.29 is 13.9 Å². The van der Waals surface area contributed by atoms with E-state index in [9.17, 15) is 4.79 Å². The summed E-state index contributed by atoms with van der Waals surface area (Å²) < 4.78 is 11.9. The maximum absolute atomic E-state index is 12.1. The van der Waals surface area contributed by atoms with Gasteiger partial charge in [0, 0.05) is 12.0 Å². The van der Waals surface area contributed by atoms with Gasteiger partial charge in [-0.25, -0.2) is 9.48 Å². The van der Waals surface area contributed by atoms with Crippen molar-refractivity contribution in [1.29, 1.82) is 0 Å². The molecule has 0 aliphatic heterocycles. The SMILES string of the molecule is CCc1ccc(-c2cc(C(=O)OC)n(Cc3nnc(CC)o3)n2)cc1. The number of rotatable bonds is 6. The molecule has 3 rings (SSSR count). The van der Waals surface area contributed by atoms with Crippen LogP contribution < -0.4 is 0 Å². The molecule has 25 heavy (non-hydrogen) atoms. The highest BCUT2D eigenvalue weighted by Crippen LogP contribution is 2.21. The zero-order valence-electron chi connectivity index (χ0n) is 14.5. The fraction of sp³-hybridized carbons (Fsp3) is 0.333. The van der Waals surface area contributed by atoms with Gasteiger partial charge in [0.1, 0.15) is 12.2 Å². The monoisotopic (exact) mass is 340 g/mol. The van der Waals surface area contributed by atoms with Crippen molar-refractivity contribution in [3.63, 3.8) is 0 Å². The second-order valence-corrected chi connectivity index (χ2v) is 5.56. The molecule has 7 heteroatoms. The minimum Gasteiger partial charge on any atom is -0.464 e. The van der Waals surface area contributed by atoms with Crippen LogP contribution in [0.4, 0.5) is 0 Å². The molecule has 0 bridgehead atoms. The average molecular weight is 340 g/mol. The summed E-state index contributed by atoms with van der Waals surface area (Å²) in [7, 11) is 1.34. The van der Waals surface area contributed by atoms with Crippen LogP contribution in [0.2, 0.25) is 0 Å². The third-order valence-electron chi connectivity index (χ3n) is 3.93. The first-order valence-electron chi connectivity index (χ1n) is 8.21. The molecule has 3 aromatic rings. The molecule has 0 N–H and O–H groups in total. The van der Waals surface area contributed by atoms with Crippen molar-refractivity contribution in [2.24, 2.45) is 0 Å². The summed E-state index contributed by atoms with van der Waals surface area (Å²) in [6.07, 6.45) is 1.63. The van der Waals surface area contributed by atoms with Crippen molar-refractivity contribution in [3.8, 4) is 11.3 Å². The van der Waals surface area contributed by atoms with Gasteiger partial charge in [-0.3, -0.25) is 0 Å². The quantitative estimate of drug-likeness (QED) is 0.642. The molecule has 2 aromatic heterocycles. The molecule has 0 saturated carbocycles. The number of carbonyl (C=O) groups is 1. The Bertz CT molecular complexity index is 865. The summed E-state index contributed by atoms with van der Waals surface area (Å²) in [4.78, 5) is 12.1. The normalized spacial score (nSPS) is 10.8. The molecule has 1 aromatic carbocycles. The topological polar surface area (TPSA) is 83.0 Å². The van der Waals surface area contributed by atoms with Crippen molar-refractivity contribution in [3.05, 3.63) is 53.4 Å². The Morgan fingerprint density at radius 3 is 2.44 bits per heavy atom. The highest BCUT2D eigenvalue weighted by Gasteiger charge is 2.19. The lowest BCUT2D eigenvalue weighted by atomic mass is 10.1. The first kappa shape index (κ1) is 16.9. The van der Waals surface area contributed by atoms with E-state index in [-0.39, 0.29) is 6.54 Å². The highest BCUT2D eigenvalue weighted by atomic mass is 16.5. The van der Waals surface area contributed by atoms with E-state index in [0.717, 1.165) is 12.0 Å². The summed E-state index contributed by atoms with van der Waals surface area (Å²) in [6, 6.07) is 9.81. The fourth-order valence-electron chi connectivity index (χ4n) is 2.48. The van der Waals surface area contributed by atoms with E-state index in [2.05, 4.69) is 34.4 Å². The molecule has 0 radical (unpaired) electrons. The maximum atomic E-state index is 12.1. The maximum Gasteiger partial charge on any atom is 0.356 e. The summed E-state index contributed by atoms with van der Waals surface area (Å²) >= 11 is 0. The molecule has 7 nitrogen and oxygen atoms in total.